The van der Waals surface area contributed by atoms with Crippen molar-refractivity contribution in [3.63, 3.8) is 0 Å². The van der Waals surface area contributed by atoms with Crippen molar-refractivity contribution in [3.8, 4) is 5.75 Å². The van der Waals surface area contributed by atoms with E-state index in [1.54, 1.807) is 18.2 Å². The van der Waals surface area contributed by atoms with Gasteiger partial charge in [0.2, 0.25) is 5.91 Å². The topological polar surface area (TPSA) is 166 Å². The summed E-state index contributed by atoms with van der Waals surface area (Å²) < 4.78 is 0. The van der Waals surface area contributed by atoms with Gasteiger partial charge < -0.3 is 32.0 Å². The molecule has 0 fully saturated rings. The number of carboxylic acids is 1. The summed E-state index contributed by atoms with van der Waals surface area (Å²) in [6, 6.07) is 9.48. The molecule has 11 heteroatoms. The molecular formula is C19H20ClN5O5. The van der Waals surface area contributed by atoms with Crippen LogP contribution in [0.25, 0.3) is 0 Å². The molecule has 30 heavy (non-hydrogen) atoms. The molecule has 0 spiro atoms. The zero-order chi connectivity index (χ0) is 22.1. The molecule has 0 aliphatic carbocycles. The maximum absolute atomic E-state index is 12.3. The molecular weight excluding hydrogens is 414 g/mol. The number of carbonyl (C=O) groups excluding carboxylic acids is 2. The maximum Gasteiger partial charge on any atom is 0.305 e. The molecule has 0 aliphatic rings. The summed E-state index contributed by atoms with van der Waals surface area (Å²) in [6.07, 6.45) is 0.766. The molecule has 2 aromatic carbocycles. The lowest BCUT2D eigenvalue weighted by molar-refractivity contribution is -0.137. The number of phenols is 1. The fourth-order valence-corrected chi connectivity index (χ4v) is 2.77. The second kappa shape index (κ2) is 10.7. The number of hydrogen-bond donors (Lipinski definition) is 6. The number of aliphatic carboxylic acids is 1. The highest BCUT2D eigenvalue weighted by Crippen LogP contribution is 2.29. The van der Waals surface area contributed by atoms with Gasteiger partial charge in [-0.15, -0.1) is 0 Å². The minimum atomic E-state index is -1.19. The van der Waals surface area contributed by atoms with E-state index in [0.717, 1.165) is 0 Å². The number of hydrogen-bond acceptors (Lipinski definition) is 6. The number of nitrogens with two attached hydrogens (primary N) is 1. The first-order valence-corrected chi connectivity index (χ1v) is 9.04. The normalized spacial score (nSPS) is 11.6. The van der Waals surface area contributed by atoms with Crippen LogP contribution in [0.1, 0.15) is 28.4 Å². The fourth-order valence-electron chi connectivity index (χ4n) is 2.59. The SMILES string of the molecule is NN=CNc1cccc(C(=O)NCC(=O)NC(CC(=O)O)c2cc(Cl)ccc2O)c1. The Balaban J connectivity index is 2.02. The molecule has 158 valence electrons. The summed E-state index contributed by atoms with van der Waals surface area (Å²) in [6.45, 7) is -0.405. The lowest BCUT2D eigenvalue weighted by atomic mass is 10.0. The lowest BCUT2D eigenvalue weighted by Crippen LogP contribution is -2.39. The molecule has 7 N–H and O–H groups in total. The van der Waals surface area contributed by atoms with Crippen LogP contribution in [0, 0.1) is 0 Å². The van der Waals surface area contributed by atoms with E-state index in [1.807, 2.05) is 0 Å². The fraction of sp³-hybridized carbons (Fsp3) is 0.158. The van der Waals surface area contributed by atoms with Gasteiger partial charge in [-0.2, -0.15) is 5.10 Å². The van der Waals surface area contributed by atoms with E-state index >= 15 is 0 Å². The summed E-state index contributed by atoms with van der Waals surface area (Å²) >= 11 is 5.90. The summed E-state index contributed by atoms with van der Waals surface area (Å²) in [5, 5.41) is 30.4. The zero-order valence-electron chi connectivity index (χ0n) is 15.6. The van der Waals surface area contributed by atoms with Crippen molar-refractivity contribution in [1.29, 1.82) is 0 Å². The van der Waals surface area contributed by atoms with Crippen LogP contribution in [0.4, 0.5) is 5.69 Å². The van der Waals surface area contributed by atoms with E-state index in [4.69, 9.17) is 22.6 Å². The molecule has 0 bridgehead atoms. The second-order valence-corrected chi connectivity index (χ2v) is 6.54. The van der Waals surface area contributed by atoms with Gasteiger partial charge >= 0.3 is 5.97 Å². The molecule has 2 aromatic rings. The van der Waals surface area contributed by atoms with Gasteiger partial charge in [0.1, 0.15) is 12.1 Å². The lowest BCUT2D eigenvalue weighted by Gasteiger charge is -2.19. The summed E-state index contributed by atoms with van der Waals surface area (Å²) in [7, 11) is 0. The Hall–Kier alpha value is -3.79. The molecule has 1 atom stereocenters. The molecule has 2 rings (SSSR count). The van der Waals surface area contributed by atoms with Gasteiger partial charge in [-0.05, 0) is 36.4 Å². The number of rotatable bonds is 9. The third-order valence-electron chi connectivity index (χ3n) is 3.92. The Labute approximate surface area is 176 Å². The number of aromatic hydroxyl groups is 1. The van der Waals surface area contributed by atoms with Crippen LogP contribution in [-0.2, 0) is 9.59 Å². The largest absolute Gasteiger partial charge is 0.508 e. The van der Waals surface area contributed by atoms with E-state index in [2.05, 4.69) is 21.1 Å². The van der Waals surface area contributed by atoms with Crippen LogP contribution < -0.4 is 21.8 Å². The minimum Gasteiger partial charge on any atom is -0.508 e. The molecule has 0 aliphatic heterocycles. The van der Waals surface area contributed by atoms with E-state index < -0.39 is 36.8 Å². The third kappa shape index (κ3) is 6.67. The summed E-state index contributed by atoms with van der Waals surface area (Å²) in [5.74, 6) is 2.46. The molecule has 0 aromatic heterocycles. The monoisotopic (exact) mass is 433 g/mol. The molecule has 2 amide bonds. The van der Waals surface area contributed by atoms with Crippen LogP contribution in [0.5, 0.6) is 5.75 Å². The van der Waals surface area contributed by atoms with Crippen LogP contribution >= 0.6 is 11.6 Å². The zero-order valence-corrected chi connectivity index (χ0v) is 16.4. The smallest absolute Gasteiger partial charge is 0.305 e. The van der Waals surface area contributed by atoms with Crippen molar-refractivity contribution in [2.24, 2.45) is 10.9 Å². The van der Waals surface area contributed by atoms with Gasteiger partial charge in [-0.1, -0.05) is 17.7 Å². The first-order chi connectivity index (χ1) is 14.3. The highest BCUT2D eigenvalue weighted by molar-refractivity contribution is 6.30. The molecule has 1 unspecified atom stereocenters. The highest BCUT2D eigenvalue weighted by Gasteiger charge is 2.21. The molecule has 0 radical (unpaired) electrons. The third-order valence-corrected chi connectivity index (χ3v) is 4.15. The van der Waals surface area contributed by atoms with Crippen LogP contribution in [0.15, 0.2) is 47.6 Å². The number of amides is 2. The Morgan fingerprint density at radius 2 is 1.97 bits per heavy atom. The number of carbonyl (C=O) groups is 3. The maximum atomic E-state index is 12.3. The Morgan fingerprint density at radius 1 is 1.20 bits per heavy atom. The van der Waals surface area contributed by atoms with Gasteiger partial charge in [-0.3, -0.25) is 14.4 Å². The van der Waals surface area contributed by atoms with Crippen LogP contribution in [0.3, 0.4) is 0 Å². The van der Waals surface area contributed by atoms with Crippen molar-refractivity contribution in [2.75, 3.05) is 11.9 Å². The number of carboxylic acid groups (broad SMARTS) is 1. The molecule has 10 nitrogen and oxygen atoms in total. The number of anilines is 1. The van der Waals surface area contributed by atoms with Crippen molar-refractivity contribution in [3.05, 3.63) is 58.6 Å². The van der Waals surface area contributed by atoms with E-state index in [0.29, 0.717) is 5.69 Å². The van der Waals surface area contributed by atoms with E-state index in [1.165, 1.54) is 30.6 Å². The van der Waals surface area contributed by atoms with Gasteiger partial charge in [0, 0.05) is 21.8 Å². The minimum absolute atomic E-state index is 0.157. The standard InChI is InChI=1S/C19H20ClN5O5/c20-12-4-5-16(26)14(7-12)15(8-18(28)29)25-17(27)9-22-19(30)11-2-1-3-13(6-11)23-10-24-21/h1-7,10,15,26H,8-9,21H2,(H,22,30)(H,23,24)(H,25,27)(H,28,29). The average molecular weight is 434 g/mol. The molecule has 0 saturated carbocycles. The average Bonchev–Trinajstić information content (AvgIpc) is 2.71. The van der Waals surface area contributed by atoms with Crippen LogP contribution in [0.2, 0.25) is 5.02 Å². The van der Waals surface area contributed by atoms with Gasteiger partial charge in [0.05, 0.1) is 19.0 Å². The number of nitrogens with zero attached hydrogens (tertiary/aromatic N) is 1. The Bertz CT molecular complexity index is 966. The predicted molar refractivity (Wildman–Crippen MR) is 111 cm³/mol. The van der Waals surface area contributed by atoms with E-state index in [9.17, 15) is 19.5 Å². The Morgan fingerprint density at radius 3 is 2.67 bits per heavy atom. The van der Waals surface area contributed by atoms with Crippen LogP contribution in [-0.4, -0.2) is 40.9 Å². The number of phenolic OH excluding ortho intramolecular Hbond substituents is 1. The quantitative estimate of drug-likeness (QED) is 0.150. The second-order valence-electron chi connectivity index (χ2n) is 6.11. The number of nitrogens with one attached hydrogen (secondary N) is 3. The number of halogens is 1. The van der Waals surface area contributed by atoms with Gasteiger partial charge in [0.15, 0.2) is 0 Å². The van der Waals surface area contributed by atoms with Gasteiger partial charge in [-0.25, -0.2) is 0 Å². The first kappa shape index (κ1) is 22.5. The summed E-state index contributed by atoms with van der Waals surface area (Å²) in [4.78, 5) is 35.7. The van der Waals surface area contributed by atoms with Crippen molar-refractivity contribution >= 4 is 41.4 Å². The molecule has 0 heterocycles. The van der Waals surface area contributed by atoms with Crippen molar-refractivity contribution in [2.45, 2.75) is 12.5 Å². The van der Waals surface area contributed by atoms with Crippen molar-refractivity contribution in [1.82, 2.24) is 10.6 Å². The Kier molecular flexibility index (Phi) is 8.00. The molecule has 0 saturated heterocycles. The predicted octanol–water partition coefficient (Wildman–Crippen LogP) is 1.42. The van der Waals surface area contributed by atoms with Gasteiger partial charge in [0.25, 0.3) is 5.91 Å². The number of hydrazone groups is 1. The van der Waals surface area contributed by atoms with E-state index in [-0.39, 0.29) is 21.9 Å². The highest BCUT2D eigenvalue weighted by atomic mass is 35.5. The van der Waals surface area contributed by atoms with Crippen molar-refractivity contribution < 1.29 is 24.6 Å². The number of benzene rings is 2. The summed E-state index contributed by atoms with van der Waals surface area (Å²) in [5.41, 5.74) is 1.01. The first-order valence-electron chi connectivity index (χ1n) is 8.66.